The summed E-state index contributed by atoms with van der Waals surface area (Å²) in [5.74, 6) is 0. The van der Waals surface area contributed by atoms with Crippen LogP contribution in [0.25, 0.3) is 0 Å². The van der Waals surface area contributed by atoms with Crippen LogP contribution in [0.5, 0.6) is 0 Å². The lowest BCUT2D eigenvalue weighted by Crippen LogP contribution is -2.41. The second-order valence-corrected chi connectivity index (χ2v) is 4.46. The summed E-state index contributed by atoms with van der Waals surface area (Å²) >= 11 is 0. The van der Waals surface area contributed by atoms with Gasteiger partial charge in [-0.25, -0.2) is 0 Å². The molecule has 84 valence electrons. The molecule has 3 heteroatoms. The number of aryl methyl sites for hydroxylation is 1. The number of hydrogen-bond donors (Lipinski definition) is 1. The molecule has 16 heavy (non-hydrogen) atoms. The summed E-state index contributed by atoms with van der Waals surface area (Å²) in [6.45, 7) is 3.65. The van der Waals surface area contributed by atoms with Gasteiger partial charge in [-0.1, -0.05) is 19.1 Å². The third-order valence-electron chi connectivity index (χ3n) is 3.23. The smallest absolute Gasteiger partial charge is 0.123 e. The highest BCUT2D eigenvalue weighted by Gasteiger charge is 2.34. The number of nitriles is 1. The molecule has 0 radical (unpaired) electrons. The predicted octanol–water partition coefficient (Wildman–Crippen LogP) is 1.68. The van der Waals surface area contributed by atoms with E-state index in [0.717, 1.165) is 19.4 Å². The minimum atomic E-state index is -0.663. The molecule has 1 unspecified atom stereocenters. The second-order valence-electron chi connectivity index (χ2n) is 4.46. The van der Waals surface area contributed by atoms with E-state index in [9.17, 15) is 0 Å². The summed E-state index contributed by atoms with van der Waals surface area (Å²) < 4.78 is 0. The van der Waals surface area contributed by atoms with E-state index in [0.29, 0.717) is 6.54 Å². The van der Waals surface area contributed by atoms with Gasteiger partial charge in [-0.15, -0.1) is 0 Å². The van der Waals surface area contributed by atoms with E-state index in [1.165, 1.54) is 11.3 Å². The van der Waals surface area contributed by atoms with E-state index in [1.807, 2.05) is 0 Å². The Bertz CT molecular complexity index is 404. The first-order valence-electron chi connectivity index (χ1n) is 5.71. The molecular formula is C13H17N3. The van der Waals surface area contributed by atoms with Crippen LogP contribution in [-0.4, -0.2) is 18.6 Å². The van der Waals surface area contributed by atoms with Crippen molar-refractivity contribution in [1.29, 1.82) is 5.26 Å². The number of nitrogens with zero attached hydrogens (tertiary/aromatic N) is 2. The van der Waals surface area contributed by atoms with Gasteiger partial charge in [-0.05, 0) is 30.5 Å². The third kappa shape index (κ3) is 2.02. The van der Waals surface area contributed by atoms with Crippen molar-refractivity contribution in [2.75, 3.05) is 18.0 Å². The molecule has 2 rings (SSSR count). The van der Waals surface area contributed by atoms with Gasteiger partial charge in [0.1, 0.15) is 5.54 Å². The van der Waals surface area contributed by atoms with Gasteiger partial charge in [-0.3, -0.25) is 0 Å². The Morgan fingerprint density at radius 1 is 1.44 bits per heavy atom. The summed E-state index contributed by atoms with van der Waals surface area (Å²) in [5.41, 5.74) is 7.78. The van der Waals surface area contributed by atoms with Crippen molar-refractivity contribution in [3.8, 4) is 6.07 Å². The Morgan fingerprint density at radius 2 is 2.12 bits per heavy atom. The number of rotatable bonds is 2. The van der Waals surface area contributed by atoms with Crippen LogP contribution >= 0.6 is 0 Å². The zero-order valence-corrected chi connectivity index (χ0v) is 9.61. The van der Waals surface area contributed by atoms with Gasteiger partial charge < -0.3 is 10.6 Å². The molecule has 1 heterocycles. The Kier molecular flexibility index (Phi) is 2.84. The Morgan fingerprint density at radius 3 is 2.62 bits per heavy atom. The van der Waals surface area contributed by atoms with Gasteiger partial charge in [0.05, 0.1) is 6.07 Å². The number of anilines is 1. The molecule has 3 nitrogen and oxygen atoms in total. The van der Waals surface area contributed by atoms with Gasteiger partial charge in [0.25, 0.3) is 0 Å². The fourth-order valence-electron chi connectivity index (χ4n) is 2.09. The summed E-state index contributed by atoms with van der Waals surface area (Å²) in [6, 6.07) is 10.7. The van der Waals surface area contributed by atoms with E-state index < -0.39 is 5.54 Å². The number of benzene rings is 1. The summed E-state index contributed by atoms with van der Waals surface area (Å²) in [5, 5.41) is 8.97. The molecule has 2 N–H and O–H groups in total. The van der Waals surface area contributed by atoms with E-state index in [2.05, 4.69) is 42.2 Å². The quantitative estimate of drug-likeness (QED) is 0.816. The molecule has 0 bridgehead atoms. The lowest BCUT2D eigenvalue weighted by atomic mass is 10.0. The lowest BCUT2D eigenvalue weighted by Gasteiger charge is -2.20. The van der Waals surface area contributed by atoms with Crippen LogP contribution in [0.15, 0.2) is 24.3 Å². The first-order chi connectivity index (χ1) is 7.67. The van der Waals surface area contributed by atoms with Gasteiger partial charge in [-0.2, -0.15) is 5.26 Å². The monoisotopic (exact) mass is 215 g/mol. The second kappa shape index (κ2) is 4.15. The molecule has 1 aromatic carbocycles. The van der Waals surface area contributed by atoms with E-state index >= 15 is 0 Å². The predicted molar refractivity (Wildman–Crippen MR) is 65.2 cm³/mol. The molecule has 1 atom stereocenters. The minimum absolute atomic E-state index is 0.634. The fraction of sp³-hybridized carbons (Fsp3) is 0.462. The van der Waals surface area contributed by atoms with Crippen LogP contribution in [0.1, 0.15) is 18.9 Å². The molecule has 1 aliphatic rings. The topological polar surface area (TPSA) is 53.0 Å². The highest BCUT2D eigenvalue weighted by atomic mass is 15.2. The van der Waals surface area contributed by atoms with E-state index in [4.69, 9.17) is 11.0 Å². The van der Waals surface area contributed by atoms with Crippen molar-refractivity contribution < 1.29 is 0 Å². The summed E-state index contributed by atoms with van der Waals surface area (Å²) in [7, 11) is 0. The fourth-order valence-corrected chi connectivity index (χ4v) is 2.09. The maximum absolute atomic E-state index is 8.97. The maximum atomic E-state index is 8.97. The van der Waals surface area contributed by atoms with Crippen LogP contribution < -0.4 is 10.6 Å². The molecule has 0 aliphatic carbocycles. The Balaban J connectivity index is 2.12. The highest BCUT2D eigenvalue weighted by Crippen LogP contribution is 2.25. The largest absolute Gasteiger partial charge is 0.368 e. The first-order valence-corrected chi connectivity index (χ1v) is 5.71. The standard InChI is InChI=1S/C13H17N3/c1-2-11-3-5-12(6-4-11)16-8-7-13(15,9-14)10-16/h3-6H,2,7-8,10,15H2,1H3. The lowest BCUT2D eigenvalue weighted by molar-refractivity contribution is 0.606. The highest BCUT2D eigenvalue weighted by molar-refractivity contribution is 5.50. The van der Waals surface area contributed by atoms with E-state index in [1.54, 1.807) is 0 Å². The van der Waals surface area contributed by atoms with Crippen LogP contribution in [-0.2, 0) is 6.42 Å². The van der Waals surface area contributed by atoms with Gasteiger partial charge in [0, 0.05) is 18.8 Å². The number of hydrogen-bond acceptors (Lipinski definition) is 3. The zero-order valence-electron chi connectivity index (χ0n) is 9.61. The van der Waals surface area contributed by atoms with Gasteiger partial charge >= 0.3 is 0 Å². The van der Waals surface area contributed by atoms with Crippen molar-refractivity contribution in [2.24, 2.45) is 5.73 Å². The normalized spacial score (nSPS) is 24.4. The van der Waals surface area contributed by atoms with Gasteiger partial charge in [0.2, 0.25) is 0 Å². The van der Waals surface area contributed by atoms with Crippen LogP contribution in [0, 0.1) is 11.3 Å². The molecule has 1 aliphatic heterocycles. The summed E-state index contributed by atoms with van der Waals surface area (Å²) in [6.07, 6.45) is 1.80. The SMILES string of the molecule is CCc1ccc(N2CCC(N)(C#N)C2)cc1. The van der Waals surface area contributed by atoms with Crippen molar-refractivity contribution in [3.05, 3.63) is 29.8 Å². The zero-order chi connectivity index (χ0) is 11.6. The first kappa shape index (κ1) is 11.0. The number of nitrogens with two attached hydrogens (primary N) is 1. The molecule has 1 fully saturated rings. The molecular weight excluding hydrogens is 198 g/mol. The molecule has 0 aromatic heterocycles. The Labute approximate surface area is 96.5 Å². The molecule has 0 saturated carbocycles. The van der Waals surface area contributed by atoms with Gasteiger partial charge in [0.15, 0.2) is 0 Å². The molecule has 0 amide bonds. The molecule has 1 aromatic rings. The minimum Gasteiger partial charge on any atom is -0.368 e. The average Bonchev–Trinajstić information content (AvgIpc) is 2.73. The molecule has 0 spiro atoms. The van der Waals surface area contributed by atoms with Crippen LogP contribution in [0.3, 0.4) is 0 Å². The van der Waals surface area contributed by atoms with Crippen molar-refractivity contribution in [2.45, 2.75) is 25.3 Å². The van der Waals surface area contributed by atoms with Crippen molar-refractivity contribution >= 4 is 5.69 Å². The Hall–Kier alpha value is -1.53. The third-order valence-corrected chi connectivity index (χ3v) is 3.23. The van der Waals surface area contributed by atoms with Crippen molar-refractivity contribution in [3.63, 3.8) is 0 Å². The maximum Gasteiger partial charge on any atom is 0.123 e. The average molecular weight is 215 g/mol. The molecule has 1 saturated heterocycles. The van der Waals surface area contributed by atoms with Crippen LogP contribution in [0.2, 0.25) is 0 Å². The van der Waals surface area contributed by atoms with Crippen LogP contribution in [0.4, 0.5) is 5.69 Å². The van der Waals surface area contributed by atoms with Crippen molar-refractivity contribution in [1.82, 2.24) is 0 Å². The van der Waals surface area contributed by atoms with E-state index in [-0.39, 0.29) is 0 Å². The summed E-state index contributed by atoms with van der Waals surface area (Å²) in [4.78, 5) is 2.18.